The number of hydrogen-bond donors (Lipinski definition) is 2. The van der Waals surface area contributed by atoms with E-state index in [1.807, 2.05) is 27.8 Å². The zero-order chi connectivity index (χ0) is 19.1. The Morgan fingerprint density at radius 2 is 1.52 bits per heavy atom. The highest BCUT2D eigenvalue weighted by atomic mass is 16.6. The average Bonchev–Trinajstić information content (AvgIpc) is 2.47. The predicted octanol–water partition coefficient (Wildman–Crippen LogP) is 0.577. The molecule has 0 bridgehead atoms. The van der Waals surface area contributed by atoms with Crippen molar-refractivity contribution in [2.24, 2.45) is 0 Å². The van der Waals surface area contributed by atoms with Gasteiger partial charge in [0.2, 0.25) is 0 Å². The second-order valence-corrected chi connectivity index (χ2v) is 6.40. The standard InChI is InChI=1S/C16H32N2O7/c1-16(2,3)25-15(21)17-5-8-22-9-6-18(4)7-10-23-11-12-24-13-14(19)20/h5-13H2,1-4H3,(H,17,21)(H,19,20). The SMILES string of the molecule is CN(CCOCCNC(=O)OC(C)(C)C)CCOCCOCC(=O)O. The van der Waals surface area contributed by atoms with E-state index >= 15 is 0 Å². The monoisotopic (exact) mass is 364 g/mol. The van der Waals surface area contributed by atoms with Crippen molar-refractivity contribution in [1.29, 1.82) is 0 Å². The maximum atomic E-state index is 11.4. The zero-order valence-corrected chi connectivity index (χ0v) is 15.7. The maximum absolute atomic E-state index is 11.4. The summed E-state index contributed by atoms with van der Waals surface area (Å²) in [6.07, 6.45) is -0.447. The van der Waals surface area contributed by atoms with Gasteiger partial charge in [0.15, 0.2) is 0 Å². The summed E-state index contributed by atoms with van der Waals surface area (Å²) in [5.41, 5.74) is -0.502. The Morgan fingerprint density at radius 1 is 0.960 bits per heavy atom. The first kappa shape index (κ1) is 23.6. The number of aliphatic carboxylic acids is 1. The van der Waals surface area contributed by atoms with Crippen molar-refractivity contribution in [1.82, 2.24) is 10.2 Å². The summed E-state index contributed by atoms with van der Waals surface area (Å²) in [4.78, 5) is 23.7. The molecule has 0 heterocycles. The van der Waals surface area contributed by atoms with E-state index in [-0.39, 0.29) is 13.2 Å². The van der Waals surface area contributed by atoms with E-state index in [0.29, 0.717) is 33.0 Å². The lowest BCUT2D eigenvalue weighted by Crippen LogP contribution is -2.34. The second-order valence-electron chi connectivity index (χ2n) is 6.40. The topological polar surface area (TPSA) is 107 Å². The van der Waals surface area contributed by atoms with Gasteiger partial charge in [-0.15, -0.1) is 0 Å². The van der Waals surface area contributed by atoms with Gasteiger partial charge >= 0.3 is 12.1 Å². The number of nitrogens with zero attached hydrogens (tertiary/aromatic N) is 1. The number of rotatable bonds is 14. The Kier molecular flexibility index (Phi) is 13.0. The van der Waals surface area contributed by atoms with Gasteiger partial charge in [0, 0.05) is 19.6 Å². The molecule has 148 valence electrons. The molecule has 0 radical (unpaired) electrons. The van der Waals surface area contributed by atoms with Crippen molar-refractivity contribution >= 4 is 12.1 Å². The molecule has 0 saturated heterocycles. The molecule has 0 rings (SSSR count). The molecular formula is C16H32N2O7. The van der Waals surface area contributed by atoms with Crippen LogP contribution >= 0.6 is 0 Å². The first-order valence-electron chi connectivity index (χ1n) is 8.31. The van der Waals surface area contributed by atoms with Crippen LogP contribution in [0.5, 0.6) is 0 Å². The van der Waals surface area contributed by atoms with Gasteiger partial charge < -0.3 is 34.3 Å². The van der Waals surface area contributed by atoms with E-state index in [1.54, 1.807) is 0 Å². The van der Waals surface area contributed by atoms with Gasteiger partial charge in [-0.1, -0.05) is 0 Å². The average molecular weight is 364 g/mol. The van der Waals surface area contributed by atoms with E-state index in [2.05, 4.69) is 10.2 Å². The van der Waals surface area contributed by atoms with Crippen LogP contribution in [-0.2, 0) is 23.7 Å². The number of amides is 1. The Bertz CT molecular complexity index is 372. The third kappa shape index (κ3) is 18.8. The van der Waals surface area contributed by atoms with Crippen LogP contribution in [0.2, 0.25) is 0 Å². The number of alkyl carbamates (subject to hydrolysis) is 1. The van der Waals surface area contributed by atoms with Gasteiger partial charge in [-0.25, -0.2) is 9.59 Å². The van der Waals surface area contributed by atoms with Crippen LogP contribution in [0.15, 0.2) is 0 Å². The third-order valence-corrected chi connectivity index (χ3v) is 2.75. The molecule has 0 saturated carbocycles. The van der Waals surface area contributed by atoms with Crippen molar-refractivity contribution < 1.29 is 33.6 Å². The highest BCUT2D eigenvalue weighted by Crippen LogP contribution is 2.05. The largest absolute Gasteiger partial charge is 0.480 e. The van der Waals surface area contributed by atoms with Crippen LogP contribution in [0.3, 0.4) is 0 Å². The normalized spacial score (nSPS) is 11.6. The van der Waals surface area contributed by atoms with Gasteiger partial charge in [-0.3, -0.25) is 0 Å². The summed E-state index contributed by atoms with van der Waals surface area (Å²) in [5, 5.41) is 11.0. The number of carboxylic acid groups (broad SMARTS) is 1. The highest BCUT2D eigenvalue weighted by Gasteiger charge is 2.15. The molecule has 9 nitrogen and oxygen atoms in total. The fourth-order valence-corrected chi connectivity index (χ4v) is 1.57. The predicted molar refractivity (Wildman–Crippen MR) is 91.8 cm³/mol. The molecule has 0 fully saturated rings. The third-order valence-electron chi connectivity index (χ3n) is 2.75. The van der Waals surface area contributed by atoms with Crippen molar-refractivity contribution in [3.8, 4) is 0 Å². The Balaban J connectivity index is 3.37. The number of carbonyl (C=O) groups is 2. The Hall–Kier alpha value is -1.42. The summed E-state index contributed by atoms with van der Waals surface area (Å²) in [6, 6.07) is 0. The molecule has 0 aromatic heterocycles. The maximum Gasteiger partial charge on any atom is 0.407 e. The fraction of sp³-hybridized carbons (Fsp3) is 0.875. The summed E-state index contributed by atoms with van der Waals surface area (Å²) < 4.78 is 20.7. The smallest absolute Gasteiger partial charge is 0.407 e. The minimum Gasteiger partial charge on any atom is -0.480 e. The van der Waals surface area contributed by atoms with Gasteiger partial charge in [-0.05, 0) is 27.8 Å². The molecule has 0 aliphatic rings. The Labute approximate surface area is 149 Å². The minimum atomic E-state index is -0.985. The van der Waals surface area contributed by atoms with Crippen molar-refractivity contribution in [2.75, 3.05) is 66.3 Å². The molecule has 25 heavy (non-hydrogen) atoms. The number of ether oxygens (including phenoxy) is 4. The van der Waals surface area contributed by atoms with Gasteiger partial charge in [0.1, 0.15) is 12.2 Å². The quantitative estimate of drug-likeness (QED) is 0.431. The molecule has 0 atom stereocenters. The molecule has 2 N–H and O–H groups in total. The molecule has 0 aromatic carbocycles. The number of nitrogens with one attached hydrogen (secondary N) is 1. The van der Waals surface area contributed by atoms with Crippen LogP contribution in [0.1, 0.15) is 20.8 Å². The highest BCUT2D eigenvalue weighted by molar-refractivity contribution is 5.68. The van der Waals surface area contributed by atoms with Crippen LogP contribution < -0.4 is 5.32 Å². The molecule has 0 aliphatic carbocycles. The summed E-state index contributed by atoms with van der Waals surface area (Å²) in [7, 11) is 1.95. The van der Waals surface area contributed by atoms with E-state index in [0.717, 1.165) is 13.1 Å². The number of carbonyl (C=O) groups excluding carboxylic acids is 1. The Morgan fingerprint density at radius 3 is 2.08 bits per heavy atom. The van der Waals surface area contributed by atoms with Gasteiger partial charge in [0.05, 0.1) is 33.0 Å². The number of likely N-dealkylation sites (N-methyl/N-ethyl adjacent to an activating group) is 1. The first-order chi connectivity index (χ1) is 11.7. The number of hydrogen-bond acceptors (Lipinski definition) is 7. The molecule has 0 spiro atoms. The molecule has 1 amide bonds. The van der Waals surface area contributed by atoms with Crippen LogP contribution in [0.25, 0.3) is 0 Å². The summed E-state index contributed by atoms with van der Waals surface area (Å²) in [6.45, 7) is 9.15. The lowest BCUT2D eigenvalue weighted by Gasteiger charge is -2.20. The molecule has 0 aromatic rings. The lowest BCUT2D eigenvalue weighted by molar-refractivity contribution is -0.142. The van der Waals surface area contributed by atoms with Crippen molar-refractivity contribution in [3.63, 3.8) is 0 Å². The van der Waals surface area contributed by atoms with Crippen molar-refractivity contribution in [2.45, 2.75) is 26.4 Å². The van der Waals surface area contributed by atoms with E-state index < -0.39 is 17.7 Å². The van der Waals surface area contributed by atoms with Crippen LogP contribution in [0, 0.1) is 0 Å². The lowest BCUT2D eigenvalue weighted by atomic mass is 10.2. The number of carboxylic acids is 1. The van der Waals surface area contributed by atoms with Crippen LogP contribution in [-0.4, -0.2) is 94.0 Å². The molecular weight excluding hydrogens is 332 g/mol. The fourth-order valence-electron chi connectivity index (χ4n) is 1.57. The summed E-state index contributed by atoms with van der Waals surface area (Å²) >= 11 is 0. The molecule has 0 aliphatic heterocycles. The minimum absolute atomic E-state index is 0.268. The van der Waals surface area contributed by atoms with Gasteiger partial charge in [0.25, 0.3) is 0 Å². The van der Waals surface area contributed by atoms with E-state index in [9.17, 15) is 9.59 Å². The second kappa shape index (κ2) is 13.8. The molecule has 0 unspecified atom stereocenters. The molecule has 9 heteroatoms. The zero-order valence-electron chi connectivity index (χ0n) is 15.7. The van der Waals surface area contributed by atoms with Crippen molar-refractivity contribution in [3.05, 3.63) is 0 Å². The summed E-state index contributed by atoms with van der Waals surface area (Å²) in [5.74, 6) is -0.985. The van der Waals surface area contributed by atoms with E-state index in [1.165, 1.54) is 0 Å². The van der Waals surface area contributed by atoms with Crippen LogP contribution in [0.4, 0.5) is 4.79 Å². The van der Waals surface area contributed by atoms with E-state index in [4.69, 9.17) is 24.1 Å². The van der Waals surface area contributed by atoms with Gasteiger partial charge in [-0.2, -0.15) is 0 Å². The first-order valence-corrected chi connectivity index (χ1v) is 8.31.